The van der Waals surface area contributed by atoms with Crippen LogP contribution in [0.4, 0.5) is 11.5 Å². The highest BCUT2D eigenvalue weighted by Crippen LogP contribution is 2.14. The lowest BCUT2D eigenvalue weighted by Crippen LogP contribution is -2.15. The van der Waals surface area contributed by atoms with E-state index in [4.69, 9.17) is 4.74 Å². The number of nitrogens with one attached hydrogen (secondary N) is 2. The van der Waals surface area contributed by atoms with E-state index < -0.39 is 0 Å². The molecule has 7 nitrogen and oxygen atoms in total. The van der Waals surface area contributed by atoms with Crippen LogP contribution in [0.5, 0.6) is 0 Å². The van der Waals surface area contributed by atoms with Gasteiger partial charge < -0.3 is 15.4 Å². The van der Waals surface area contributed by atoms with E-state index >= 15 is 0 Å². The van der Waals surface area contributed by atoms with Gasteiger partial charge >= 0.3 is 0 Å². The van der Waals surface area contributed by atoms with Crippen molar-refractivity contribution in [3.8, 4) is 0 Å². The number of anilines is 2. The monoisotopic (exact) mass is 289 g/mol. The number of amides is 1. The second-order valence-corrected chi connectivity index (χ2v) is 4.37. The number of hydrogen-bond donors (Lipinski definition) is 2. The van der Waals surface area contributed by atoms with Gasteiger partial charge in [0.25, 0.3) is 5.91 Å². The average molecular weight is 289 g/mol. The van der Waals surface area contributed by atoms with Gasteiger partial charge in [-0.2, -0.15) is 5.10 Å². The minimum absolute atomic E-state index is 0.217. The van der Waals surface area contributed by atoms with Gasteiger partial charge in [0, 0.05) is 26.0 Å². The smallest absolute Gasteiger partial charge is 0.259 e. The van der Waals surface area contributed by atoms with Crippen LogP contribution in [-0.2, 0) is 11.3 Å². The molecule has 0 unspecified atom stereocenters. The predicted molar refractivity (Wildman–Crippen MR) is 80.5 cm³/mol. The molecule has 2 heterocycles. The summed E-state index contributed by atoms with van der Waals surface area (Å²) in [6.45, 7) is 3.87. The molecule has 2 N–H and O–H groups in total. The van der Waals surface area contributed by atoms with Crippen molar-refractivity contribution in [3.63, 3.8) is 0 Å². The first-order chi connectivity index (χ1) is 10.2. The van der Waals surface area contributed by atoms with Crippen LogP contribution in [0.25, 0.3) is 0 Å². The standard InChI is InChI=1S/C14H19N5O2/c1-3-15-13-12(5-4-6-16-13)14(20)18-11-9-17-19(10-11)7-8-21-2/h4-6,9-10H,3,7-8H2,1-2H3,(H,15,16)(H,18,20). The lowest BCUT2D eigenvalue weighted by molar-refractivity contribution is 0.102. The van der Waals surface area contributed by atoms with Gasteiger partial charge in [-0.05, 0) is 19.1 Å². The Hall–Kier alpha value is -2.41. The molecule has 0 aliphatic rings. The van der Waals surface area contributed by atoms with Crippen LogP contribution >= 0.6 is 0 Å². The lowest BCUT2D eigenvalue weighted by atomic mass is 10.2. The summed E-state index contributed by atoms with van der Waals surface area (Å²) in [5.41, 5.74) is 1.14. The summed E-state index contributed by atoms with van der Waals surface area (Å²) >= 11 is 0. The van der Waals surface area contributed by atoms with Crippen molar-refractivity contribution in [1.29, 1.82) is 0 Å². The van der Waals surface area contributed by atoms with Crippen molar-refractivity contribution in [1.82, 2.24) is 14.8 Å². The molecule has 0 bridgehead atoms. The van der Waals surface area contributed by atoms with Crippen molar-refractivity contribution < 1.29 is 9.53 Å². The molecular weight excluding hydrogens is 270 g/mol. The van der Waals surface area contributed by atoms with E-state index in [1.54, 1.807) is 42.5 Å². The maximum Gasteiger partial charge on any atom is 0.259 e. The second-order valence-electron chi connectivity index (χ2n) is 4.37. The summed E-state index contributed by atoms with van der Waals surface area (Å²) in [5, 5.41) is 10.0. The number of ether oxygens (including phenoxy) is 1. The zero-order valence-corrected chi connectivity index (χ0v) is 12.2. The highest BCUT2D eigenvalue weighted by Gasteiger charge is 2.12. The van der Waals surface area contributed by atoms with Gasteiger partial charge in [0.15, 0.2) is 0 Å². The first-order valence-electron chi connectivity index (χ1n) is 6.76. The fourth-order valence-corrected chi connectivity index (χ4v) is 1.83. The van der Waals surface area contributed by atoms with E-state index in [0.29, 0.717) is 36.8 Å². The Kier molecular flexibility index (Phi) is 5.28. The minimum Gasteiger partial charge on any atom is -0.383 e. The highest BCUT2D eigenvalue weighted by molar-refractivity contribution is 6.07. The van der Waals surface area contributed by atoms with Gasteiger partial charge in [-0.25, -0.2) is 4.98 Å². The Morgan fingerprint density at radius 3 is 3.10 bits per heavy atom. The average Bonchev–Trinajstić information content (AvgIpc) is 2.93. The predicted octanol–water partition coefficient (Wildman–Crippen LogP) is 1.61. The van der Waals surface area contributed by atoms with Crippen LogP contribution in [0.2, 0.25) is 0 Å². The fourth-order valence-electron chi connectivity index (χ4n) is 1.83. The van der Waals surface area contributed by atoms with Crippen molar-refractivity contribution in [2.75, 3.05) is 30.9 Å². The van der Waals surface area contributed by atoms with E-state index in [9.17, 15) is 4.79 Å². The summed E-state index contributed by atoms with van der Waals surface area (Å²) < 4.78 is 6.70. The van der Waals surface area contributed by atoms with Crippen molar-refractivity contribution >= 4 is 17.4 Å². The first kappa shape index (κ1) is 15.0. The molecule has 0 spiro atoms. The number of aromatic nitrogens is 3. The van der Waals surface area contributed by atoms with Crippen LogP contribution < -0.4 is 10.6 Å². The van der Waals surface area contributed by atoms with Crippen molar-refractivity contribution in [2.45, 2.75) is 13.5 Å². The van der Waals surface area contributed by atoms with Crippen LogP contribution in [0.3, 0.4) is 0 Å². The summed E-state index contributed by atoms with van der Waals surface area (Å²) in [6.07, 6.45) is 5.02. The Balaban J connectivity index is 2.05. The minimum atomic E-state index is -0.217. The molecule has 0 radical (unpaired) electrons. The topological polar surface area (TPSA) is 81.1 Å². The van der Waals surface area contributed by atoms with E-state index in [1.807, 2.05) is 6.92 Å². The molecule has 112 valence electrons. The number of rotatable bonds is 7. The van der Waals surface area contributed by atoms with Gasteiger partial charge in [0.2, 0.25) is 0 Å². The molecule has 0 aromatic carbocycles. The molecule has 0 atom stereocenters. The molecule has 0 aliphatic heterocycles. The van der Waals surface area contributed by atoms with Crippen LogP contribution in [0, 0.1) is 0 Å². The zero-order chi connectivity index (χ0) is 15.1. The molecular formula is C14H19N5O2. The van der Waals surface area contributed by atoms with Gasteiger partial charge in [-0.1, -0.05) is 0 Å². The third kappa shape index (κ3) is 4.03. The first-order valence-corrected chi connectivity index (χ1v) is 6.76. The molecule has 0 fully saturated rings. The fraction of sp³-hybridized carbons (Fsp3) is 0.357. The number of carbonyl (C=O) groups excluding carboxylic acids is 1. The maximum absolute atomic E-state index is 12.3. The van der Waals surface area contributed by atoms with Crippen molar-refractivity contribution in [3.05, 3.63) is 36.3 Å². The molecule has 0 aliphatic carbocycles. The van der Waals surface area contributed by atoms with E-state index in [2.05, 4.69) is 20.7 Å². The summed E-state index contributed by atoms with van der Waals surface area (Å²) in [6, 6.07) is 3.47. The molecule has 7 heteroatoms. The second kappa shape index (κ2) is 7.39. The quantitative estimate of drug-likeness (QED) is 0.809. The Morgan fingerprint density at radius 2 is 2.33 bits per heavy atom. The van der Waals surface area contributed by atoms with Crippen LogP contribution in [-0.4, -0.2) is 40.9 Å². The van der Waals surface area contributed by atoms with Gasteiger partial charge in [-0.3, -0.25) is 9.48 Å². The molecule has 0 saturated heterocycles. The zero-order valence-electron chi connectivity index (χ0n) is 12.2. The van der Waals surface area contributed by atoms with Crippen LogP contribution in [0.15, 0.2) is 30.7 Å². The number of hydrogen-bond acceptors (Lipinski definition) is 5. The number of carbonyl (C=O) groups is 1. The summed E-state index contributed by atoms with van der Waals surface area (Å²) in [7, 11) is 1.64. The number of nitrogens with zero attached hydrogens (tertiary/aromatic N) is 3. The normalized spacial score (nSPS) is 10.4. The number of pyridine rings is 1. The summed E-state index contributed by atoms with van der Waals surface area (Å²) in [5.74, 6) is 0.356. The van der Waals surface area contributed by atoms with E-state index in [-0.39, 0.29) is 5.91 Å². The molecule has 21 heavy (non-hydrogen) atoms. The SMILES string of the molecule is CCNc1ncccc1C(=O)Nc1cnn(CCOC)c1. The molecule has 2 rings (SSSR count). The van der Waals surface area contributed by atoms with Crippen LogP contribution in [0.1, 0.15) is 17.3 Å². The Labute approximate surface area is 123 Å². The molecule has 0 saturated carbocycles. The third-order valence-electron chi connectivity index (χ3n) is 2.81. The van der Waals surface area contributed by atoms with Crippen molar-refractivity contribution in [2.24, 2.45) is 0 Å². The molecule has 2 aromatic heterocycles. The Bertz CT molecular complexity index is 597. The lowest BCUT2D eigenvalue weighted by Gasteiger charge is -2.08. The van der Waals surface area contributed by atoms with Gasteiger partial charge in [-0.15, -0.1) is 0 Å². The van der Waals surface area contributed by atoms with Gasteiger partial charge in [0.1, 0.15) is 5.82 Å². The molecule has 1 amide bonds. The number of methoxy groups -OCH3 is 1. The third-order valence-corrected chi connectivity index (χ3v) is 2.81. The highest BCUT2D eigenvalue weighted by atomic mass is 16.5. The molecule has 2 aromatic rings. The maximum atomic E-state index is 12.3. The largest absolute Gasteiger partial charge is 0.383 e. The van der Waals surface area contributed by atoms with E-state index in [0.717, 1.165) is 0 Å². The Morgan fingerprint density at radius 1 is 1.48 bits per heavy atom. The summed E-state index contributed by atoms with van der Waals surface area (Å²) in [4.78, 5) is 16.4. The van der Waals surface area contributed by atoms with Gasteiger partial charge in [0.05, 0.1) is 30.6 Å². The van der Waals surface area contributed by atoms with E-state index in [1.165, 1.54) is 0 Å².